The molecule has 1 N–H and O–H groups in total. The summed E-state index contributed by atoms with van der Waals surface area (Å²) in [6, 6.07) is 6.92. The van der Waals surface area contributed by atoms with Crippen LogP contribution in [0.15, 0.2) is 46.6 Å². The molecule has 28 heavy (non-hydrogen) atoms. The lowest BCUT2D eigenvalue weighted by Gasteiger charge is -2.15. The van der Waals surface area contributed by atoms with Crippen LogP contribution in [0.3, 0.4) is 0 Å². The van der Waals surface area contributed by atoms with Gasteiger partial charge in [-0.05, 0) is 24.3 Å². The third-order valence-corrected chi connectivity index (χ3v) is 3.57. The molecular formula is C17H16F3N5O3. The molecule has 148 valence electrons. The maximum absolute atomic E-state index is 13.2. The van der Waals surface area contributed by atoms with Gasteiger partial charge in [0.15, 0.2) is 0 Å². The zero-order chi connectivity index (χ0) is 21.1. The fraction of sp³-hybridized carbons (Fsp3) is 0.235. The van der Waals surface area contributed by atoms with Gasteiger partial charge in [-0.1, -0.05) is 0 Å². The van der Waals surface area contributed by atoms with Gasteiger partial charge in [0.2, 0.25) is 5.91 Å². The van der Waals surface area contributed by atoms with Crippen LogP contribution in [0.1, 0.15) is 12.5 Å². The van der Waals surface area contributed by atoms with Crippen LogP contribution in [-0.2, 0) is 11.0 Å². The van der Waals surface area contributed by atoms with E-state index in [9.17, 15) is 28.1 Å². The quantitative estimate of drug-likeness (QED) is 0.435. The molecule has 1 amide bonds. The van der Waals surface area contributed by atoms with Crippen molar-refractivity contribution in [3.63, 3.8) is 0 Å². The molecule has 2 aromatic rings. The molecule has 0 bridgehead atoms. The van der Waals surface area contributed by atoms with Gasteiger partial charge >= 0.3 is 6.18 Å². The zero-order valence-corrected chi connectivity index (χ0v) is 15.1. The summed E-state index contributed by atoms with van der Waals surface area (Å²) in [6.45, 7) is 1.28. The minimum atomic E-state index is -4.85. The molecule has 0 saturated heterocycles. The number of rotatable bonds is 5. The number of nitro groups is 1. The van der Waals surface area contributed by atoms with Crippen LogP contribution < -0.4 is 10.2 Å². The number of nitrogens with one attached hydrogen (secondary N) is 1. The van der Waals surface area contributed by atoms with Crippen molar-refractivity contribution in [3.05, 3.63) is 52.1 Å². The first kappa shape index (κ1) is 20.8. The number of halogens is 3. The van der Waals surface area contributed by atoms with Gasteiger partial charge in [-0.25, -0.2) is 0 Å². The fourth-order valence-corrected chi connectivity index (χ4v) is 2.24. The Morgan fingerprint density at radius 3 is 2.25 bits per heavy atom. The molecule has 2 rings (SSSR count). The summed E-state index contributed by atoms with van der Waals surface area (Å²) in [7, 11) is 3.56. The predicted molar refractivity (Wildman–Crippen MR) is 97.3 cm³/mol. The number of non-ortho nitro benzene ring substituents is 1. The number of amides is 1. The van der Waals surface area contributed by atoms with Crippen LogP contribution >= 0.6 is 0 Å². The van der Waals surface area contributed by atoms with Crippen LogP contribution in [0.2, 0.25) is 0 Å². The Morgan fingerprint density at radius 1 is 1.11 bits per heavy atom. The first-order valence-corrected chi connectivity index (χ1v) is 7.85. The molecule has 0 aliphatic heterocycles. The SMILES string of the molecule is CC(=O)Nc1cc(N(C)C)ccc1N=Nc1ccc([N+](=O)[O-])cc1C(F)(F)F. The molecule has 0 spiro atoms. The highest BCUT2D eigenvalue weighted by molar-refractivity contribution is 5.92. The average molecular weight is 395 g/mol. The highest BCUT2D eigenvalue weighted by Gasteiger charge is 2.35. The van der Waals surface area contributed by atoms with E-state index in [1.165, 1.54) is 13.0 Å². The first-order chi connectivity index (χ1) is 13.0. The standard InChI is InChI=1S/C17H16F3N5O3/c1-10(26)21-16-9-11(24(2)3)4-7-15(16)23-22-14-6-5-12(25(27)28)8-13(14)17(18,19)20/h4-9H,1-3H3,(H,21,26). The Labute approximate surface area is 157 Å². The summed E-state index contributed by atoms with van der Waals surface area (Å²) in [5.74, 6) is -0.390. The van der Waals surface area contributed by atoms with Gasteiger partial charge in [0.1, 0.15) is 5.69 Å². The van der Waals surface area contributed by atoms with Crippen LogP contribution in [0.4, 0.5) is 41.6 Å². The van der Waals surface area contributed by atoms with E-state index >= 15 is 0 Å². The molecule has 0 radical (unpaired) electrons. The molecule has 2 aromatic carbocycles. The second kappa shape index (κ2) is 8.03. The van der Waals surface area contributed by atoms with E-state index in [1.807, 2.05) is 0 Å². The van der Waals surface area contributed by atoms with E-state index in [0.29, 0.717) is 6.07 Å². The van der Waals surface area contributed by atoms with Gasteiger partial charge in [-0.2, -0.15) is 13.2 Å². The number of carbonyl (C=O) groups excluding carboxylic acids is 1. The second-order valence-corrected chi connectivity index (χ2v) is 5.93. The summed E-state index contributed by atoms with van der Waals surface area (Å²) in [5, 5.41) is 20.7. The number of alkyl halides is 3. The molecule has 0 aromatic heterocycles. The molecule has 0 unspecified atom stereocenters. The van der Waals surface area contributed by atoms with Crippen molar-refractivity contribution >= 4 is 34.3 Å². The number of nitro benzene ring substituents is 1. The Hall–Kier alpha value is -3.50. The first-order valence-electron chi connectivity index (χ1n) is 7.85. The molecule has 0 heterocycles. The maximum atomic E-state index is 13.2. The molecule has 0 atom stereocenters. The molecule has 8 nitrogen and oxygen atoms in total. The van der Waals surface area contributed by atoms with E-state index in [1.54, 1.807) is 31.1 Å². The number of carbonyl (C=O) groups is 1. The van der Waals surface area contributed by atoms with Crippen molar-refractivity contribution in [2.45, 2.75) is 13.1 Å². The number of azo groups is 1. The average Bonchev–Trinajstić information content (AvgIpc) is 2.58. The number of benzene rings is 2. The normalized spacial score (nSPS) is 11.5. The molecule has 0 fully saturated rings. The lowest BCUT2D eigenvalue weighted by molar-refractivity contribution is -0.385. The van der Waals surface area contributed by atoms with Gasteiger partial charge in [0.05, 0.1) is 21.9 Å². The highest BCUT2D eigenvalue weighted by atomic mass is 19.4. The molecule has 0 aliphatic carbocycles. The van der Waals surface area contributed by atoms with Crippen molar-refractivity contribution in [1.29, 1.82) is 0 Å². The Balaban J connectivity index is 2.50. The van der Waals surface area contributed by atoms with Crippen molar-refractivity contribution in [2.24, 2.45) is 10.2 Å². The monoisotopic (exact) mass is 395 g/mol. The Morgan fingerprint density at radius 2 is 1.71 bits per heavy atom. The summed E-state index contributed by atoms with van der Waals surface area (Å²) >= 11 is 0. The maximum Gasteiger partial charge on any atom is 0.418 e. The molecule has 11 heteroatoms. The Bertz CT molecular complexity index is 942. The molecule has 0 aliphatic rings. The van der Waals surface area contributed by atoms with E-state index in [2.05, 4.69) is 15.5 Å². The van der Waals surface area contributed by atoms with Crippen LogP contribution in [0.25, 0.3) is 0 Å². The highest BCUT2D eigenvalue weighted by Crippen LogP contribution is 2.39. The lowest BCUT2D eigenvalue weighted by Crippen LogP contribution is -2.10. The van der Waals surface area contributed by atoms with E-state index in [-0.39, 0.29) is 11.4 Å². The van der Waals surface area contributed by atoms with Crippen molar-refractivity contribution in [3.8, 4) is 0 Å². The smallest absolute Gasteiger partial charge is 0.378 e. The summed E-state index contributed by atoms with van der Waals surface area (Å²) < 4.78 is 39.7. The van der Waals surface area contributed by atoms with E-state index in [4.69, 9.17) is 0 Å². The van der Waals surface area contributed by atoms with Gasteiger partial charge < -0.3 is 10.2 Å². The minimum Gasteiger partial charge on any atom is -0.378 e. The van der Waals surface area contributed by atoms with Gasteiger partial charge in [0.25, 0.3) is 5.69 Å². The van der Waals surface area contributed by atoms with Gasteiger partial charge in [0, 0.05) is 38.8 Å². The van der Waals surface area contributed by atoms with Gasteiger partial charge in [-0.3, -0.25) is 14.9 Å². The largest absolute Gasteiger partial charge is 0.418 e. The van der Waals surface area contributed by atoms with Crippen LogP contribution in [0, 0.1) is 10.1 Å². The van der Waals surface area contributed by atoms with E-state index < -0.39 is 33.9 Å². The fourth-order valence-electron chi connectivity index (χ4n) is 2.24. The summed E-state index contributed by atoms with van der Waals surface area (Å²) in [4.78, 5) is 23.0. The predicted octanol–water partition coefficient (Wildman–Crippen LogP) is 5.05. The number of anilines is 2. The third-order valence-electron chi connectivity index (χ3n) is 3.57. The van der Waals surface area contributed by atoms with Crippen molar-refractivity contribution in [2.75, 3.05) is 24.3 Å². The number of hydrogen-bond donors (Lipinski definition) is 1. The summed E-state index contributed by atoms with van der Waals surface area (Å²) in [6.07, 6.45) is -4.85. The van der Waals surface area contributed by atoms with Gasteiger partial charge in [-0.15, -0.1) is 10.2 Å². The van der Waals surface area contributed by atoms with E-state index in [0.717, 1.165) is 17.8 Å². The van der Waals surface area contributed by atoms with Crippen LogP contribution in [0.5, 0.6) is 0 Å². The lowest BCUT2D eigenvalue weighted by atomic mass is 10.1. The minimum absolute atomic E-state index is 0.132. The molecule has 0 saturated carbocycles. The third kappa shape index (κ3) is 5.02. The number of hydrogen-bond acceptors (Lipinski definition) is 6. The van der Waals surface area contributed by atoms with Crippen LogP contribution in [-0.4, -0.2) is 24.9 Å². The zero-order valence-electron chi connectivity index (χ0n) is 15.1. The second-order valence-electron chi connectivity index (χ2n) is 5.93. The van der Waals surface area contributed by atoms with Crippen molar-refractivity contribution in [1.82, 2.24) is 0 Å². The molecular weight excluding hydrogens is 379 g/mol. The van der Waals surface area contributed by atoms with Crippen molar-refractivity contribution < 1.29 is 22.9 Å². The summed E-state index contributed by atoms with van der Waals surface area (Å²) in [5.41, 5.74) is -1.44. The topological polar surface area (TPSA) is 100 Å². The number of nitrogens with zero attached hydrogens (tertiary/aromatic N) is 4. The Kier molecular flexibility index (Phi) is 5.96.